The van der Waals surface area contributed by atoms with Gasteiger partial charge in [-0.2, -0.15) is 0 Å². The maximum Gasteiger partial charge on any atom is 0.241 e. The first-order chi connectivity index (χ1) is 11.6. The van der Waals surface area contributed by atoms with Crippen LogP contribution in [0, 0.1) is 6.92 Å². The van der Waals surface area contributed by atoms with Crippen molar-refractivity contribution in [3.8, 4) is 0 Å². The molecule has 1 aliphatic heterocycles. The molecule has 24 heavy (non-hydrogen) atoms. The van der Waals surface area contributed by atoms with Gasteiger partial charge in [-0.1, -0.05) is 34.1 Å². The monoisotopic (exact) mass is 387 g/mol. The van der Waals surface area contributed by atoms with E-state index >= 15 is 0 Å². The van der Waals surface area contributed by atoms with Crippen LogP contribution in [0.25, 0.3) is 0 Å². The standard InChI is InChI=1S/C19H22BrN3O/c1-15-13-16(7-8-18(15)20)21-14-19(24)23-11-9-22(10-12-23)17-5-3-2-4-6-17/h2-8,13,21H,9-12,14H2,1H3. The van der Waals surface area contributed by atoms with E-state index in [1.807, 2.05) is 36.1 Å². The van der Waals surface area contributed by atoms with Gasteiger partial charge in [0.05, 0.1) is 6.54 Å². The number of aryl methyl sites for hydroxylation is 1. The third kappa shape index (κ3) is 4.09. The van der Waals surface area contributed by atoms with Gasteiger partial charge in [0, 0.05) is 42.0 Å². The van der Waals surface area contributed by atoms with Gasteiger partial charge in [0.25, 0.3) is 0 Å². The van der Waals surface area contributed by atoms with Crippen molar-refractivity contribution in [2.24, 2.45) is 0 Å². The summed E-state index contributed by atoms with van der Waals surface area (Å²) in [6, 6.07) is 16.4. The molecule has 2 aromatic rings. The van der Waals surface area contributed by atoms with Crippen molar-refractivity contribution >= 4 is 33.2 Å². The average Bonchev–Trinajstić information content (AvgIpc) is 2.63. The summed E-state index contributed by atoms with van der Waals surface area (Å²) < 4.78 is 1.08. The van der Waals surface area contributed by atoms with Crippen LogP contribution in [0.1, 0.15) is 5.56 Å². The van der Waals surface area contributed by atoms with Gasteiger partial charge < -0.3 is 15.1 Å². The number of amides is 1. The summed E-state index contributed by atoms with van der Waals surface area (Å²) in [5.41, 5.74) is 3.36. The SMILES string of the molecule is Cc1cc(NCC(=O)N2CCN(c3ccccc3)CC2)ccc1Br. The van der Waals surface area contributed by atoms with Crippen molar-refractivity contribution in [3.63, 3.8) is 0 Å². The number of para-hydroxylation sites is 1. The second-order valence-electron chi connectivity index (χ2n) is 6.02. The molecular formula is C19H22BrN3O. The summed E-state index contributed by atoms with van der Waals surface area (Å²) in [5.74, 6) is 0.156. The highest BCUT2D eigenvalue weighted by Gasteiger charge is 2.20. The molecule has 4 nitrogen and oxygen atoms in total. The van der Waals surface area contributed by atoms with Crippen molar-refractivity contribution < 1.29 is 4.79 Å². The van der Waals surface area contributed by atoms with Gasteiger partial charge in [0.15, 0.2) is 0 Å². The quantitative estimate of drug-likeness (QED) is 0.871. The molecule has 1 aliphatic rings. The van der Waals surface area contributed by atoms with Gasteiger partial charge in [0.1, 0.15) is 0 Å². The fraction of sp³-hybridized carbons (Fsp3) is 0.316. The zero-order valence-electron chi connectivity index (χ0n) is 13.8. The number of piperazine rings is 1. The van der Waals surface area contributed by atoms with E-state index in [1.54, 1.807) is 0 Å². The number of halogens is 1. The summed E-state index contributed by atoms with van der Waals surface area (Å²) in [5, 5.41) is 3.23. The lowest BCUT2D eigenvalue weighted by Crippen LogP contribution is -2.50. The van der Waals surface area contributed by atoms with Gasteiger partial charge in [0.2, 0.25) is 5.91 Å². The minimum atomic E-state index is 0.156. The van der Waals surface area contributed by atoms with Crippen LogP contribution in [0.15, 0.2) is 53.0 Å². The van der Waals surface area contributed by atoms with Crippen LogP contribution >= 0.6 is 15.9 Å². The number of hydrogen-bond donors (Lipinski definition) is 1. The zero-order valence-corrected chi connectivity index (χ0v) is 15.4. The first-order valence-corrected chi connectivity index (χ1v) is 9.00. The van der Waals surface area contributed by atoms with E-state index in [2.05, 4.69) is 50.4 Å². The van der Waals surface area contributed by atoms with E-state index < -0.39 is 0 Å². The Hall–Kier alpha value is -2.01. The Morgan fingerprint density at radius 3 is 2.46 bits per heavy atom. The van der Waals surface area contributed by atoms with Crippen LogP contribution in [-0.2, 0) is 4.79 Å². The molecule has 5 heteroatoms. The summed E-state index contributed by atoms with van der Waals surface area (Å²) in [7, 11) is 0. The van der Waals surface area contributed by atoms with Crippen LogP contribution in [0.3, 0.4) is 0 Å². The summed E-state index contributed by atoms with van der Waals surface area (Å²) in [6.45, 7) is 5.69. The molecule has 1 amide bonds. The molecule has 1 fully saturated rings. The van der Waals surface area contributed by atoms with E-state index in [-0.39, 0.29) is 5.91 Å². The van der Waals surface area contributed by atoms with Gasteiger partial charge >= 0.3 is 0 Å². The maximum absolute atomic E-state index is 12.4. The number of nitrogens with one attached hydrogen (secondary N) is 1. The maximum atomic E-state index is 12.4. The second kappa shape index (κ2) is 7.71. The van der Waals surface area contributed by atoms with E-state index in [0.717, 1.165) is 41.9 Å². The highest BCUT2D eigenvalue weighted by molar-refractivity contribution is 9.10. The predicted octanol–water partition coefficient (Wildman–Crippen LogP) is 3.52. The third-order valence-electron chi connectivity index (χ3n) is 4.36. The molecule has 2 aromatic carbocycles. The molecule has 0 spiro atoms. The fourth-order valence-corrected chi connectivity index (χ4v) is 3.14. The molecule has 0 aliphatic carbocycles. The molecule has 126 valence electrons. The van der Waals surface area contributed by atoms with Crippen LogP contribution in [0.2, 0.25) is 0 Å². The van der Waals surface area contributed by atoms with Gasteiger partial charge in [-0.3, -0.25) is 4.79 Å². The number of carbonyl (C=O) groups is 1. The molecule has 3 rings (SSSR count). The van der Waals surface area contributed by atoms with Crippen molar-refractivity contribution in [1.29, 1.82) is 0 Å². The lowest BCUT2D eigenvalue weighted by Gasteiger charge is -2.36. The van der Waals surface area contributed by atoms with Gasteiger partial charge in [-0.15, -0.1) is 0 Å². The Morgan fingerprint density at radius 1 is 1.08 bits per heavy atom. The lowest BCUT2D eigenvalue weighted by atomic mass is 10.2. The Morgan fingerprint density at radius 2 is 1.79 bits per heavy atom. The average molecular weight is 388 g/mol. The number of benzene rings is 2. The highest BCUT2D eigenvalue weighted by Crippen LogP contribution is 2.20. The molecule has 0 unspecified atom stereocenters. The van der Waals surface area contributed by atoms with E-state index in [1.165, 1.54) is 5.69 Å². The largest absolute Gasteiger partial charge is 0.376 e. The highest BCUT2D eigenvalue weighted by atomic mass is 79.9. The Kier molecular flexibility index (Phi) is 5.41. The second-order valence-corrected chi connectivity index (χ2v) is 6.88. The van der Waals surface area contributed by atoms with Crippen LogP contribution in [0.4, 0.5) is 11.4 Å². The van der Waals surface area contributed by atoms with Gasteiger partial charge in [-0.25, -0.2) is 0 Å². The fourth-order valence-electron chi connectivity index (χ4n) is 2.90. The molecule has 1 heterocycles. The molecule has 0 aromatic heterocycles. The minimum Gasteiger partial charge on any atom is -0.376 e. The van der Waals surface area contributed by atoms with Crippen molar-refractivity contribution in [1.82, 2.24) is 4.90 Å². The number of rotatable bonds is 4. The van der Waals surface area contributed by atoms with Crippen LogP contribution < -0.4 is 10.2 Å². The van der Waals surface area contributed by atoms with Crippen molar-refractivity contribution in [2.75, 3.05) is 42.9 Å². The number of hydrogen-bond acceptors (Lipinski definition) is 3. The summed E-state index contributed by atoms with van der Waals surface area (Å²) >= 11 is 3.49. The van der Waals surface area contributed by atoms with E-state index in [0.29, 0.717) is 6.54 Å². The van der Waals surface area contributed by atoms with E-state index in [9.17, 15) is 4.79 Å². The third-order valence-corrected chi connectivity index (χ3v) is 5.25. The molecular weight excluding hydrogens is 366 g/mol. The first-order valence-electron chi connectivity index (χ1n) is 8.21. The summed E-state index contributed by atoms with van der Waals surface area (Å²) in [6.07, 6.45) is 0. The molecule has 0 bridgehead atoms. The zero-order chi connectivity index (χ0) is 16.9. The van der Waals surface area contributed by atoms with Gasteiger partial charge in [-0.05, 0) is 42.8 Å². The van der Waals surface area contributed by atoms with Crippen LogP contribution in [0.5, 0.6) is 0 Å². The normalized spacial score (nSPS) is 14.6. The molecule has 1 N–H and O–H groups in total. The number of carbonyl (C=O) groups excluding carboxylic acids is 1. The smallest absolute Gasteiger partial charge is 0.241 e. The molecule has 0 atom stereocenters. The Labute approximate surface area is 151 Å². The van der Waals surface area contributed by atoms with Crippen molar-refractivity contribution in [2.45, 2.75) is 6.92 Å². The van der Waals surface area contributed by atoms with Crippen molar-refractivity contribution in [3.05, 3.63) is 58.6 Å². The van der Waals surface area contributed by atoms with E-state index in [4.69, 9.17) is 0 Å². The molecule has 0 saturated carbocycles. The minimum absolute atomic E-state index is 0.156. The topological polar surface area (TPSA) is 35.6 Å². The summed E-state index contributed by atoms with van der Waals surface area (Å²) in [4.78, 5) is 16.7. The number of anilines is 2. The Balaban J connectivity index is 1.49. The lowest BCUT2D eigenvalue weighted by molar-refractivity contribution is -0.129. The number of nitrogens with zero attached hydrogens (tertiary/aromatic N) is 2. The van der Waals surface area contributed by atoms with Crippen LogP contribution in [-0.4, -0.2) is 43.5 Å². The first kappa shape index (κ1) is 16.8. The predicted molar refractivity (Wildman–Crippen MR) is 103 cm³/mol. The molecule has 0 radical (unpaired) electrons. The molecule has 1 saturated heterocycles. The Bertz CT molecular complexity index is 697.